The fourth-order valence-corrected chi connectivity index (χ4v) is 2.50. The summed E-state index contributed by atoms with van der Waals surface area (Å²) in [6, 6.07) is 5.93. The lowest BCUT2D eigenvalue weighted by Gasteiger charge is -2.10. The topological polar surface area (TPSA) is 43.1 Å². The molecule has 2 rings (SSSR count). The maximum atomic E-state index is 10.8. The molecule has 1 aromatic carbocycles. The smallest absolute Gasteiger partial charge is 0.150 e. The van der Waals surface area contributed by atoms with Gasteiger partial charge in [0.15, 0.2) is 0 Å². The highest BCUT2D eigenvalue weighted by molar-refractivity contribution is 5.82. The van der Waals surface area contributed by atoms with Crippen LogP contribution in [-0.4, -0.2) is 12.8 Å². The quantitative estimate of drug-likeness (QED) is 0.770. The van der Waals surface area contributed by atoms with E-state index in [1.807, 2.05) is 12.1 Å². The zero-order valence-corrected chi connectivity index (χ0v) is 9.73. The molecule has 1 aliphatic carbocycles. The molecule has 16 heavy (non-hydrogen) atoms. The highest BCUT2D eigenvalue weighted by Gasteiger charge is 2.29. The Labute approximate surface area is 96.2 Å². The molecule has 0 radical (unpaired) electrons. The Balaban J connectivity index is 2.57. The van der Waals surface area contributed by atoms with Crippen molar-refractivity contribution >= 4 is 11.9 Å². The Morgan fingerprint density at radius 3 is 2.69 bits per heavy atom. The summed E-state index contributed by atoms with van der Waals surface area (Å²) in [6.45, 7) is 4.99. The van der Waals surface area contributed by atoms with Crippen LogP contribution < -0.4 is 5.73 Å². The van der Waals surface area contributed by atoms with Gasteiger partial charge in [-0.3, -0.25) is 4.79 Å². The summed E-state index contributed by atoms with van der Waals surface area (Å²) < 4.78 is 0. The van der Waals surface area contributed by atoms with Gasteiger partial charge < -0.3 is 5.73 Å². The summed E-state index contributed by atoms with van der Waals surface area (Å²) in [4.78, 5) is 10.8. The third-order valence-electron chi connectivity index (χ3n) is 3.59. The van der Waals surface area contributed by atoms with E-state index >= 15 is 0 Å². The third kappa shape index (κ3) is 1.59. The van der Waals surface area contributed by atoms with Gasteiger partial charge in [0.1, 0.15) is 6.29 Å². The Morgan fingerprint density at radius 1 is 1.31 bits per heavy atom. The molecule has 2 heteroatoms. The molecular weight excluding hydrogens is 198 g/mol. The number of rotatable bonds is 2. The second-order valence-corrected chi connectivity index (χ2v) is 4.44. The standard InChI is InChI=1S/C14H17NO/c1-9-10(2)13(5-6-15)14-7-11(8-16)3-4-12(9)14/h3-5,7-10H,6,15H2,1-2H3/b13-5+. The molecule has 2 unspecified atom stereocenters. The van der Waals surface area contributed by atoms with Gasteiger partial charge >= 0.3 is 0 Å². The number of allylic oxidation sites excluding steroid dienone is 1. The van der Waals surface area contributed by atoms with Crippen LogP contribution >= 0.6 is 0 Å². The number of hydrogen-bond donors (Lipinski definition) is 1. The molecule has 0 aliphatic heterocycles. The average molecular weight is 215 g/mol. The van der Waals surface area contributed by atoms with Crippen molar-refractivity contribution in [2.75, 3.05) is 6.54 Å². The van der Waals surface area contributed by atoms with E-state index in [0.717, 1.165) is 11.8 Å². The monoisotopic (exact) mass is 215 g/mol. The molecule has 1 aliphatic rings. The predicted octanol–water partition coefficient (Wildman–Crippen LogP) is 2.59. The van der Waals surface area contributed by atoms with Gasteiger partial charge in [-0.05, 0) is 34.6 Å². The van der Waals surface area contributed by atoms with Crippen molar-refractivity contribution in [1.82, 2.24) is 0 Å². The first-order valence-electron chi connectivity index (χ1n) is 5.68. The van der Waals surface area contributed by atoms with Gasteiger partial charge in [0, 0.05) is 12.1 Å². The lowest BCUT2D eigenvalue weighted by Crippen LogP contribution is -2.00. The molecule has 0 amide bonds. The van der Waals surface area contributed by atoms with Crippen LogP contribution in [0.15, 0.2) is 24.3 Å². The van der Waals surface area contributed by atoms with Gasteiger partial charge in [-0.25, -0.2) is 0 Å². The summed E-state index contributed by atoms with van der Waals surface area (Å²) in [5, 5.41) is 0. The van der Waals surface area contributed by atoms with Gasteiger partial charge in [0.25, 0.3) is 0 Å². The first-order valence-corrected chi connectivity index (χ1v) is 5.68. The number of benzene rings is 1. The second kappa shape index (κ2) is 4.22. The van der Waals surface area contributed by atoms with Crippen LogP contribution in [0.3, 0.4) is 0 Å². The van der Waals surface area contributed by atoms with Crippen molar-refractivity contribution < 1.29 is 4.79 Å². The van der Waals surface area contributed by atoms with E-state index < -0.39 is 0 Å². The Hall–Kier alpha value is -1.41. The summed E-state index contributed by atoms with van der Waals surface area (Å²) in [6.07, 6.45) is 2.97. The van der Waals surface area contributed by atoms with Crippen LogP contribution in [0, 0.1) is 5.92 Å². The van der Waals surface area contributed by atoms with Crippen LogP contribution in [0.4, 0.5) is 0 Å². The molecule has 0 aromatic heterocycles. The molecule has 84 valence electrons. The highest BCUT2D eigenvalue weighted by Crippen LogP contribution is 2.45. The van der Waals surface area contributed by atoms with E-state index in [4.69, 9.17) is 5.73 Å². The fraction of sp³-hybridized carbons (Fsp3) is 0.357. The number of carbonyl (C=O) groups excluding carboxylic acids is 1. The molecule has 0 saturated heterocycles. The number of aldehydes is 1. The van der Waals surface area contributed by atoms with Crippen molar-refractivity contribution in [3.8, 4) is 0 Å². The van der Waals surface area contributed by atoms with Crippen LogP contribution in [0.2, 0.25) is 0 Å². The predicted molar refractivity (Wildman–Crippen MR) is 66.4 cm³/mol. The van der Waals surface area contributed by atoms with Gasteiger partial charge in [-0.2, -0.15) is 0 Å². The normalized spacial score (nSPS) is 25.8. The van der Waals surface area contributed by atoms with Crippen LogP contribution in [0.25, 0.3) is 5.57 Å². The summed E-state index contributed by atoms with van der Waals surface area (Å²) in [7, 11) is 0. The zero-order chi connectivity index (χ0) is 11.7. The number of fused-ring (bicyclic) bond motifs is 1. The Bertz CT molecular complexity index is 448. The summed E-state index contributed by atoms with van der Waals surface area (Å²) in [5.74, 6) is 0.994. The van der Waals surface area contributed by atoms with Crippen LogP contribution in [-0.2, 0) is 0 Å². The number of nitrogens with two attached hydrogens (primary N) is 1. The Morgan fingerprint density at radius 2 is 2.06 bits per heavy atom. The van der Waals surface area contributed by atoms with E-state index in [2.05, 4.69) is 26.0 Å². The molecule has 0 bridgehead atoms. The third-order valence-corrected chi connectivity index (χ3v) is 3.59. The molecule has 1 aromatic rings. The average Bonchev–Trinajstić information content (AvgIpc) is 2.54. The van der Waals surface area contributed by atoms with Gasteiger partial charge in [-0.1, -0.05) is 32.1 Å². The van der Waals surface area contributed by atoms with E-state index in [9.17, 15) is 4.79 Å². The van der Waals surface area contributed by atoms with Gasteiger partial charge in [0.2, 0.25) is 0 Å². The summed E-state index contributed by atoms with van der Waals surface area (Å²) >= 11 is 0. The van der Waals surface area contributed by atoms with E-state index in [-0.39, 0.29) is 0 Å². The lowest BCUT2D eigenvalue weighted by molar-refractivity contribution is 0.112. The minimum atomic E-state index is 0.487. The second-order valence-electron chi connectivity index (χ2n) is 4.44. The molecule has 0 fully saturated rings. The maximum Gasteiger partial charge on any atom is 0.150 e. The minimum absolute atomic E-state index is 0.487. The highest BCUT2D eigenvalue weighted by atomic mass is 16.1. The van der Waals surface area contributed by atoms with Crippen molar-refractivity contribution in [3.63, 3.8) is 0 Å². The van der Waals surface area contributed by atoms with Crippen molar-refractivity contribution in [2.45, 2.75) is 19.8 Å². The molecule has 2 atom stereocenters. The molecule has 0 spiro atoms. The molecule has 0 heterocycles. The van der Waals surface area contributed by atoms with Crippen LogP contribution in [0.5, 0.6) is 0 Å². The molecule has 2 nitrogen and oxygen atoms in total. The first-order chi connectivity index (χ1) is 7.69. The van der Waals surface area contributed by atoms with Crippen molar-refractivity contribution in [2.24, 2.45) is 11.7 Å². The van der Waals surface area contributed by atoms with E-state index in [1.54, 1.807) is 0 Å². The van der Waals surface area contributed by atoms with Crippen molar-refractivity contribution in [1.29, 1.82) is 0 Å². The molecular formula is C14H17NO. The number of carbonyl (C=O) groups is 1. The molecule has 0 saturated carbocycles. The SMILES string of the molecule is CC1/C(=C\CN)c2cc(C=O)ccc2C1C. The summed E-state index contributed by atoms with van der Waals surface area (Å²) in [5.41, 5.74) is 10.2. The first kappa shape index (κ1) is 11.1. The fourth-order valence-electron chi connectivity index (χ4n) is 2.50. The van der Waals surface area contributed by atoms with Gasteiger partial charge in [-0.15, -0.1) is 0 Å². The zero-order valence-electron chi connectivity index (χ0n) is 9.73. The molecule has 2 N–H and O–H groups in total. The van der Waals surface area contributed by atoms with Gasteiger partial charge in [0.05, 0.1) is 0 Å². The van der Waals surface area contributed by atoms with Crippen molar-refractivity contribution in [3.05, 3.63) is 41.0 Å². The van der Waals surface area contributed by atoms with E-state index in [0.29, 0.717) is 18.4 Å². The minimum Gasteiger partial charge on any atom is -0.327 e. The Kier molecular flexibility index (Phi) is 2.92. The van der Waals surface area contributed by atoms with Crippen LogP contribution in [0.1, 0.15) is 41.3 Å². The maximum absolute atomic E-state index is 10.8. The largest absolute Gasteiger partial charge is 0.327 e. The lowest BCUT2D eigenvalue weighted by atomic mass is 9.94. The van der Waals surface area contributed by atoms with E-state index in [1.165, 1.54) is 16.7 Å². The number of hydrogen-bond acceptors (Lipinski definition) is 2.